The zero-order valence-electron chi connectivity index (χ0n) is 10.1. The van der Waals surface area contributed by atoms with E-state index in [1.165, 1.54) is 0 Å². The van der Waals surface area contributed by atoms with E-state index in [4.69, 9.17) is 16.3 Å². The van der Waals surface area contributed by atoms with Crippen LogP contribution in [-0.2, 0) is 9.53 Å². The van der Waals surface area contributed by atoms with Gasteiger partial charge in [-0.15, -0.1) is 0 Å². The molecule has 0 aromatic heterocycles. The molecule has 2 nitrogen and oxygen atoms in total. The van der Waals surface area contributed by atoms with Gasteiger partial charge in [0.1, 0.15) is 6.61 Å². The fourth-order valence-electron chi connectivity index (χ4n) is 2.18. The molecule has 0 radical (unpaired) electrons. The summed E-state index contributed by atoms with van der Waals surface area (Å²) in [5, 5.41) is 0.650. The Labute approximate surface area is 116 Å². The van der Waals surface area contributed by atoms with Gasteiger partial charge in [0.25, 0.3) is 0 Å². The smallest absolute Gasteiger partial charge is 0.339 e. The molecule has 2 aromatic carbocycles. The lowest BCUT2D eigenvalue weighted by molar-refractivity contribution is -0.133. The molecule has 1 heterocycles. The van der Waals surface area contributed by atoms with Gasteiger partial charge in [0.2, 0.25) is 0 Å². The van der Waals surface area contributed by atoms with Crippen LogP contribution in [0.25, 0.3) is 11.1 Å². The summed E-state index contributed by atoms with van der Waals surface area (Å²) in [5.74, 6) is -0.277. The van der Waals surface area contributed by atoms with E-state index in [2.05, 4.69) is 0 Å². The van der Waals surface area contributed by atoms with Gasteiger partial charge < -0.3 is 4.74 Å². The first kappa shape index (κ1) is 12.0. The Morgan fingerprint density at radius 3 is 2.26 bits per heavy atom. The van der Waals surface area contributed by atoms with Crippen molar-refractivity contribution in [1.82, 2.24) is 0 Å². The second kappa shape index (κ2) is 4.90. The molecule has 19 heavy (non-hydrogen) atoms. The van der Waals surface area contributed by atoms with Crippen molar-refractivity contribution in [2.75, 3.05) is 6.61 Å². The number of hydrogen-bond donors (Lipinski definition) is 0. The average Bonchev–Trinajstić information content (AvgIpc) is 2.83. The maximum Gasteiger partial charge on any atom is 0.339 e. The summed E-state index contributed by atoms with van der Waals surface area (Å²) in [5.41, 5.74) is 3.40. The molecule has 3 rings (SSSR count). The lowest BCUT2D eigenvalue weighted by atomic mass is 9.97. The second-order valence-corrected chi connectivity index (χ2v) is 4.74. The van der Waals surface area contributed by atoms with Crippen LogP contribution in [0.2, 0.25) is 5.02 Å². The minimum absolute atomic E-state index is 0.277. The summed E-state index contributed by atoms with van der Waals surface area (Å²) < 4.78 is 5.17. The minimum atomic E-state index is -0.277. The van der Waals surface area contributed by atoms with E-state index in [0.717, 1.165) is 16.7 Å². The van der Waals surface area contributed by atoms with Gasteiger partial charge in [0.15, 0.2) is 0 Å². The molecule has 0 atom stereocenters. The van der Waals surface area contributed by atoms with Crippen LogP contribution in [0.1, 0.15) is 11.1 Å². The number of ether oxygens (including phenoxy) is 1. The summed E-state index contributed by atoms with van der Waals surface area (Å²) >= 11 is 5.88. The van der Waals surface area contributed by atoms with E-state index in [0.29, 0.717) is 17.2 Å². The maximum absolute atomic E-state index is 11.9. The van der Waals surface area contributed by atoms with Crippen LogP contribution in [0.4, 0.5) is 0 Å². The third-order valence-electron chi connectivity index (χ3n) is 3.11. The fraction of sp³-hybridized carbons (Fsp3) is 0.0625. The standard InChI is InChI=1S/C16H11ClO2/c17-13-8-6-12(7-9-13)15-14(10-19-16(15)18)11-4-2-1-3-5-11/h1-9H,10H2. The SMILES string of the molecule is O=C1OCC(c2ccccc2)=C1c1ccc(Cl)cc1. The van der Waals surface area contributed by atoms with Crippen LogP contribution in [0, 0.1) is 0 Å². The highest BCUT2D eigenvalue weighted by molar-refractivity contribution is 6.31. The van der Waals surface area contributed by atoms with Crippen molar-refractivity contribution in [2.24, 2.45) is 0 Å². The monoisotopic (exact) mass is 270 g/mol. The van der Waals surface area contributed by atoms with E-state index in [9.17, 15) is 4.79 Å². The number of halogens is 1. The zero-order chi connectivity index (χ0) is 13.2. The van der Waals surface area contributed by atoms with Crippen LogP contribution in [-0.4, -0.2) is 12.6 Å². The second-order valence-electron chi connectivity index (χ2n) is 4.30. The third kappa shape index (κ3) is 2.27. The van der Waals surface area contributed by atoms with Gasteiger partial charge in [-0.25, -0.2) is 4.79 Å². The lowest BCUT2D eigenvalue weighted by Gasteiger charge is -2.04. The Bertz CT molecular complexity index is 642. The Hall–Kier alpha value is -2.06. The Morgan fingerprint density at radius 1 is 0.895 bits per heavy atom. The maximum atomic E-state index is 11.9. The molecule has 0 saturated heterocycles. The third-order valence-corrected chi connectivity index (χ3v) is 3.36. The van der Waals surface area contributed by atoms with Gasteiger partial charge in [-0.05, 0) is 23.3 Å². The van der Waals surface area contributed by atoms with Crippen LogP contribution in [0.3, 0.4) is 0 Å². The number of hydrogen-bond acceptors (Lipinski definition) is 2. The van der Waals surface area contributed by atoms with Crippen molar-refractivity contribution in [3.8, 4) is 0 Å². The summed E-state index contributed by atoms with van der Waals surface area (Å²) in [4.78, 5) is 11.9. The molecule has 0 aliphatic carbocycles. The van der Waals surface area contributed by atoms with E-state index in [1.807, 2.05) is 42.5 Å². The number of benzene rings is 2. The first-order valence-electron chi connectivity index (χ1n) is 5.97. The van der Waals surface area contributed by atoms with Crippen molar-refractivity contribution < 1.29 is 9.53 Å². The predicted octanol–water partition coefficient (Wildman–Crippen LogP) is 3.81. The largest absolute Gasteiger partial charge is 0.457 e. The van der Waals surface area contributed by atoms with E-state index in [1.54, 1.807) is 12.1 Å². The van der Waals surface area contributed by atoms with Gasteiger partial charge in [-0.3, -0.25) is 0 Å². The van der Waals surface area contributed by atoms with Crippen LogP contribution in [0.5, 0.6) is 0 Å². The Morgan fingerprint density at radius 2 is 1.58 bits per heavy atom. The number of cyclic esters (lactones) is 1. The molecule has 0 saturated carbocycles. The van der Waals surface area contributed by atoms with Crippen molar-refractivity contribution in [3.63, 3.8) is 0 Å². The van der Waals surface area contributed by atoms with Crippen LogP contribution >= 0.6 is 11.6 Å². The average molecular weight is 271 g/mol. The van der Waals surface area contributed by atoms with Crippen LogP contribution in [0.15, 0.2) is 54.6 Å². The Balaban J connectivity index is 2.14. The first-order chi connectivity index (χ1) is 9.25. The molecule has 0 bridgehead atoms. The molecule has 94 valence electrons. The highest BCUT2D eigenvalue weighted by Crippen LogP contribution is 2.33. The van der Waals surface area contributed by atoms with Gasteiger partial charge in [0.05, 0.1) is 5.57 Å². The Kier molecular flexibility index (Phi) is 3.10. The molecule has 2 aromatic rings. The molecular formula is C16H11ClO2. The van der Waals surface area contributed by atoms with Crippen molar-refractivity contribution in [3.05, 3.63) is 70.7 Å². The normalized spacial score (nSPS) is 14.7. The molecule has 3 heteroatoms. The molecule has 0 amide bonds. The molecule has 0 spiro atoms. The van der Waals surface area contributed by atoms with E-state index >= 15 is 0 Å². The summed E-state index contributed by atoms with van der Waals surface area (Å²) in [6.45, 7) is 0.320. The number of esters is 1. The number of rotatable bonds is 2. The van der Waals surface area contributed by atoms with Crippen molar-refractivity contribution in [2.45, 2.75) is 0 Å². The van der Waals surface area contributed by atoms with E-state index < -0.39 is 0 Å². The van der Waals surface area contributed by atoms with Crippen LogP contribution < -0.4 is 0 Å². The molecule has 0 unspecified atom stereocenters. The lowest BCUT2D eigenvalue weighted by Crippen LogP contribution is -1.98. The van der Waals surface area contributed by atoms with Gasteiger partial charge in [-0.1, -0.05) is 54.1 Å². The zero-order valence-corrected chi connectivity index (χ0v) is 10.9. The topological polar surface area (TPSA) is 26.3 Å². The van der Waals surface area contributed by atoms with Gasteiger partial charge in [-0.2, -0.15) is 0 Å². The van der Waals surface area contributed by atoms with Crippen molar-refractivity contribution in [1.29, 1.82) is 0 Å². The van der Waals surface area contributed by atoms with Gasteiger partial charge >= 0.3 is 5.97 Å². The summed E-state index contributed by atoms with van der Waals surface area (Å²) in [7, 11) is 0. The molecular weight excluding hydrogens is 260 g/mol. The molecule has 0 N–H and O–H groups in total. The highest BCUT2D eigenvalue weighted by Gasteiger charge is 2.26. The first-order valence-corrected chi connectivity index (χ1v) is 6.35. The summed E-state index contributed by atoms with van der Waals surface area (Å²) in [6, 6.07) is 17.0. The molecule has 1 aliphatic heterocycles. The summed E-state index contributed by atoms with van der Waals surface area (Å²) in [6.07, 6.45) is 0. The predicted molar refractivity (Wildman–Crippen MR) is 75.7 cm³/mol. The molecule has 1 aliphatic rings. The van der Waals surface area contributed by atoms with Crippen molar-refractivity contribution >= 4 is 28.7 Å². The van der Waals surface area contributed by atoms with E-state index in [-0.39, 0.29) is 5.97 Å². The number of carbonyl (C=O) groups excluding carboxylic acids is 1. The molecule has 0 fully saturated rings. The minimum Gasteiger partial charge on any atom is -0.457 e. The quantitative estimate of drug-likeness (QED) is 0.776. The van der Waals surface area contributed by atoms with Gasteiger partial charge in [0, 0.05) is 10.6 Å². The highest BCUT2D eigenvalue weighted by atomic mass is 35.5. The number of carbonyl (C=O) groups is 1. The fourth-order valence-corrected chi connectivity index (χ4v) is 2.31.